The Morgan fingerprint density at radius 2 is 1.77 bits per heavy atom. The summed E-state index contributed by atoms with van der Waals surface area (Å²) in [7, 11) is 3.12. The van der Waals surface area contributed by atoms with E-state index in [-0.39, 0.29) is 11.0 Å². The highest BCUT2D eigenvalue weighted by molar-refractivity contribution is 7.80. The van der Waals surface area contributed by atoms with Crippen LogP contribution < -0.4 is 20.1 Å². The Kier molecular flexibility index (Phi) is 5.32. The Morgan fingerprint density at radius 1 is 1.05 bits per heavy atom. The van der Waals surface area contributed by atoms with E-state index in [0.29, 0.717) is 22.7 Å². The van der Waals surface area contributed by atoms with Crippen molar-refractivity contribution in [3.63, 3.8) is 0 Å². The van der Waals surface area contributed by atoms with Crippen LogP contribution >= 0.6 is 12.2 Å². The van der Waals surface area contributed by atoms with Crippen LogP contribution in [0.5, 0.6) is 11.5 Å². The van der Waals surface area contributed by atoms with E-state index in [2.05, 4.69) is 10.6 Å². The second-order valence-corrected chi connectivity index (χ2v) is 4.75. The van der Waals surface area contributed by atoms with Gasteiger partial charge in [-0.1, -0.05) is 18.2 Å². The van der Waals surface area contributed by atoms with Crippen LogP contribution in [0.3, 0.4) is 0 Å². The Labute approximate surface area is 134 Å². The first-order valence-electron chi connectivity index (χ1n) is 6.53. The minimum absolute atomic E-state index is 0.181. The maximum atomic E-state index is 12.0. The van der Waals surface area contributed by atoms with Crippen molar-refractivity contribution < 1.29 is 14.3 Å². The van der Waals surface area contributed by atoms with Crippen molar-refractivity contribution in [2.75, 3.05) is 19.5 Å². The minimum atomic E-state index is -0.278. The van der Waals surface area contributed by atoms with Crippen LogP contribution in [0.25, 0.3) is 0 Å². The number of hydrogen-bond donors (Lipinski definition) is 2. The molecule has 0 unspecified atom stereocenters. The van der Waals surface area contributed by atoms with Crippen molar-refractivity contribution in [1.29, 1.82) is 0 Å². The lowest BCUT2D eigenvalue weighted by Gasteiger charge is -2.13. The highest BCUT2D eigenvalue weighted by atomic mass is 32.1. The van der Waals surface area contributed by atoms with Crippen LogP contribution in [0.15, 0.2) is 48.5 Å². The Hall–Kier alpha value is -2.60. The number of thiocarbonyl (C=S) groups is 1. The molecule has 0 aliphatic carbocycles. The Morgan fingerprint density at radius 3 is 2.41 bits per heavy atom. The van der Waals surface area contributed by atoms with E-state index in [1.807, 2.05) is 6.07 Å². The zero-order valence-corrected chi connectivity index (χ0v) is 13.1. The van der Waals surface area contributed by atoms with Crippen LogP contribution in [0.1, 0.15) is 10.4 Å². The Balaban J connectivity index is 2.07. The lowest BCUT2D eigenvalue weighted by atomic mass is 10.2. The molecule has 0 aliphatic heterocycles. The van der Waals surface area contributed by atoms with Gasteiger partial charge in [0.1, 0.15) is 11.5 Å². The molecular formula is C16H16N2O3S. The number of hydrogen-bond acceptors (Lipinski definition) is 4. The first-order chi connectivity index (χ1) is 10.6. The number of rotatable bonds is 4. The van der Waals surface area contributed by atoms with E-state index in [0.717, 1.165) is 0 Å². The largest absolute Gasteiger partial charge is 0.497 e. The monoisotopic (exact) mass is 316 g/mol. The van der Waals surface area contributed by atoms with E-state index in [9.17, 15) is 4.79 Å². The maximum absolute atomic E-state index is 12.0. The third kappa shape index (κ3) is 3.95. The summed E-state index contributed by atoms with van der Waals surface area (Å²) in [6.07, 6.45) is 0. The van der Waals surface area contributed by atoms with Crippen LogP contribution in [0.2, 0.25) is 0 Å². The number of carbonyl (C=O) groups excluding carboxylic acids is 1. The van der Waals surface area contributed by atoms with Gasteiger partial charge >= 0.3 is 0 Å². The first kappa shape index (κ1) is 15.8. The van der Waals surface area contributed by atoms with E-state index in [1.165, 1.54) is 0 Å². The lowest BCUT2D eigenvalue weighted by Crippen LogP contribution is -2.34. The number of anilines is 1. The average molecular weight is 316 g/mol. The standard InChI is InChI=1S/C16H16N2O3S/c1-20-12-8-9-14(21-2)13(10-12)17-16(22)18-15(19)11-6-4-3-5-7-11/h3-10H,1-2H3,(H2,17,18,19,22). The van der Waals surface area contributed by atoms with Crippen molar-refractivity contribution in [3.8, 4) is 11.5 Å². The molecule has 0 saturated carbocycles. The second kappa shape index (κ2) is 7.42. The molecule has 0 radical (unpaired) electrons. The molecule has 6 heteroatoms. The summed E-state index contributed by atoms with van der Waals surface area (Å²) in [5.74, 6) is 0.970. The normalized spacial score (nSPS) is 9.73. The lowest BCUT2D eigenvalue weighted by molar-refractivity contribution is 0.0977. The molecule has 0 atom stereocenters. The Bertz CT molecular complexity index is 674. The third-order valence-electron chi connectivity index (χ3n) is 2.92. The number of ether oxygens (including phenoxy) is 2. The zero-order chi connectivity index (χ0) is 15.9. The number of methoxy groups -OCH3 is 2. The van der Waals surface area contributed by atoms with E-state index in [1.54, 1.807) is 56.7 Å². The fourth-order valence-corrected chi connectivity index (χ4v) is 2.03. The van der Waals surface area contributed by atoms with Crippen LogP contribution in [-0.2, 0) is 0 Å². The molecule has 2 aromatic rings. The van der Waals surface area contributed by atoms with Crippen molar-refractivity contribution in [1.82, 2.24) is 5.32 Å². The molecule has 0 fully saturated rings. The van der Waals surface area contributed by atoms with Gasteiger partial charge in [-0.05, 0) is 36.5 Å². The molecule has 2 rings (SSSR count). The topological polar surface area (TPSA) is 59.6 Å². The molecule has 1 amide bonds. The molecular weight excluding hydrogens is 300 g/mol. The minimum Gasteiger partial charge on any atom is -0.497 e. The van der Waals surface area contributed by atoms with Gasteiger partial charge in [0.05, 0.1) is 19.9 Å². The first-order valence-corrected chi connectivity index (χ1v) is 6.94. The predicted octanol–water partition coefficient (Wildman–Crippen LogP) is 2.83. The molecule has 2 aromatic carbocycles. The molecule has 5 nitrogen and oxygen atoms in total. The number of carbonyl (C=O) groups is 1. The van der Waals surface area contributed by atoms with Crippen molar-refractivity contribution >= 4 is 28.9 Å². The van der Waals surface area contributed by atoms with Crippen molar-refractivity contribution in [3.05, 3.63) is 54.1 Å². The van der Waals surface area contributed by atoms with Gasteiger partial charge in [-0.3, -0.25) is 10.1 Å². The van der Waals surface area contributed by atoms with Crippen LogP contribution in [0, 0.1) is 0 Å². The number of benzene rings is 2. The fraction of sp³-hybridized carbons (Fsp3) is 0.125. The van der Waals surface area contributed by atoms with Crippen LogP contribution in [0.4, 0.5) is 5.69 Å². The average Bonchev–Trinajstić information content (AvgIpc) is 2.55. The molecule has 2 N–H and O–H groups in total. The van der Waals surface area contributed by atoms with E-state index in [4.69, 9.17) is 21.7 Å². The van der Waals surface area contributed by atoms with Crippen LogP contribution in [-0.4, -0.2) is 25.2 Å². The number of nitrogens with one attached hydrogen (secondary N) is 2. The summed E-state index contributed by atoms with van der Waals surface area (Å²) in [5.41, 5.74) is 1.14. The van der Waals surface area contributed by atoms with Crippen molar-refractivity contribution in [2.24, 2.45) is 0 Å². The predicted molar refractivity (Wildman–Crippen MR) is 89.7 cm³/mol. The maximum Gasteiger partial charge on any atom is 0.257 e. The molecule has 22 heavy (non-hydrogen) atoms. The van der Waals surface area contributed by atoms with Gasteiger partial charge in [0.2, 0.25) is 0 Å². The summed E-state index contributed by atoms with van der Waals surface area (Å²) in [5, 5.41) is 5.73. The summed E-state index contributed by atoms with van der Waals surface area (Å²) >= 11 is 5.16. The summed E-state index contributed by atoms with van der Waals surface area (Å²) in [6.45, 7) is 0. The molecule has 0 aliphatic rings. The van der Waals surface area contributed by atoms with Gasteiger partial charge < -0.3 is 14.8 Å². The molecule has 0 aromatic heterocycles. The van der Waals surface area contributed by atoms with Gasteiger partial charge in [0.15, 0.2) is 5.11 Å². The molecule has 114 valence electrons. The van der Waals surface area contributed by atoms with Gasteiger partial charge in [-0.25, -0.2) is 0 Å². The smallest absolute Gasteiger partial charge is 0.257 e. The second-order valence-electron chi connectivity index (χ2n) is 4.34. The fourth-order valence-electron chi connectivity index (χ4n) is 1.83. The zero-order valence-electron chi connectivity index (χ0n) is 12.3. The van der Waals surface area contributed by atoms with E-state index < -0.39 is 0 Å². The summed E-state index contributed by atoms with van der Waals surface area (Å²) < 4.78 is 10.4. The molecule has 0 heterocycles. The molecule has 0 spiro atoms. The van der Waals surface area contributed by atoms with Crippen molar-refractivity contribution in [2.45, 2.75) is 0 Å². The summed E-state index contributed by atoms with van der Waals surface area (Å²) in [6, 6.07) is 14.1. The SMILES string of the molecule is COc1ccc(OC)c(NC(=S)NC(=O)c2ccccc2)c1. The van der Waals surface area contributed by atoms with Gasteiger partial charge in [-0.2, -0.15) is 0 Å². The third-order valence-corrected chi connectivity index (χ3v) is 3.12. The van der Waals surface area contributed by atoms with E-state index >= 15 is 0 Å². The quantitative estimate of drug-likeness (QED) is 0.850. The molecule has 0 saturated heterocycles. The summed E-state index contributed by atoms with van der Waals surface area (Å²) in [4.78, 5) is 12.0. The van der Waals surface area contributed by atoms with Gasteiger partial charge in [0, 0.05) is 11.6 Å². The highest BCUT2D eigenvalue weighted by Crippen LogP contribution is 2.28. The van der Waals surface area contributed by atoms with Gasteiger partial charge in [-0.15, -0.1) is 0 Å². The molecule has 0 bridgehead atoms. The number of amides is 1. The highest BCUT2D eigenvalue weighted by Gasteiger charge is 2.10. The van der Waals surface area contributed by atoms with Gasteiger partial charge in [0.25, 0.3) is 5.91 Å².